The largest absolute Gasteiger partial charge is 0.318 e. The van der Waals surface area contributed by atoms with E-state index in [0.29, 0.717) is 12.1 Å². The summed E-state index contributed by atoms with van der Waals surface area (Å²) in [5.74, 6) is 0.872. The standard InChI is InChI=1S/C8H21N3S/c1-7(10-3)4-11-8(6-12)5-9-2/h7-12H,4-6H2,1-3H3/t7-,8+/m1/s1. The molecule has 0 radical (unpaired) electrons. The Labute approximate surface area is 81.1 Å². The van der Waals surface area contributed by atoms with E-state index in [-0.39, 0.29) is 0 Å². The van der Waals surface area contributed by atoms with Crippen molar-refractivity contribution in [1.82, 2.24) is 16.0 Å². The molecule has 0 saturated carbocycles. The molecule has 0 amide bonds. The minimum absolute atomic E-state index is 0.467. The van der Waals surface area contributed by atoms with Gasteiger partial charge in [0.15, 0.2) is 0 Å². The molecule has 0 fully saturated rings. The highest BCUT2D eigenvalue weighted by molar-refractivity contribution is 7.80. The van der Waals surface area contributed by atoms with E-state index in [9.17, 15) is 0 Å². The molecule has 2 atom stereocenters. The van der Waals surface area contributed by atoms with Crippen LogP contribution in [0, 0.1) is 0 Å². The van der Waals surface area contributed by atoms with Gasteiger partial charge >= 0.3 is 0 Å². The molecule has 0 bridgehead atoms. The van der Waals surface area contributed by atoms with Crippen LogP contribution in [0.15, 0.2) is 0 Å². The van der Waals surface area contributed by atoms with Crippen LogP contribution in [0.5, 0.6) is 0 Å². The molecule has 74 valence electrons. The SMILES string of the molecule is CNC[C@@H](CS)NC[C@@H](C)NC. The van der Waals surface area contributed by atoms with Crippen molar-refractivity contribution in [2.45, 2.75) is 19.0 Å². The Balaban J connectivity index is 3.43. The minimum Gasteiger partial charge on any atom is -0.318 e. The molecule has 0 unspecified atom stereocenters. The van der Waals surface area contributed by atoms with Crippen molar-refractivity contribution >= 4 is 12.6 Å². The highest BCUT2D eigenvalue weighted by atomic mass is 32.1. The zero-order valence-corrected chi connectivity index (χ0v) is 9.12. The molecule has 0 aromatic carbocycles. The average molecular weight is 191 g/mol. The first-order chi connectivity index (χ1) is 5.74. The van der Waals surface area contributed by atoms with E-state index in [4.69, 9.17) is 0 Å². The Kier molecular flexibility index (Phi) is 8.01. The molecular formula is C8H21N3S. The van der Waals surface area contributed by atoms with Gasteiger partial charge in [-0.15, -0.1) is 0 Å². The number of likely N-dealkylation sites (N-methyl/N-ethyl adjacent to an activating group) is 2. The first-order valence-electron chi connectivity index (χ1n) is 4.40. The highest BCUT2D eigenvalue weighted by Crippen LogP contribution is 1.86. The van der Waals surface area contributed by atoms with E-state index >= 15 is 0 Å². The van der Waals surface area contributed by atoms with Crippen molar-refractivity contribution < 1.29 is 0 Å². The maximum absolute atomic E-state index is 4.26. The summed E-state index contributed by atoms with van der Waals surface area (Å²) in [6, 6.07) is 0.985. The average Bonchev–Trinajstić information content (AvgIpc) is 2.11. The second-order valence-electron chi connectivity index (χ2n) is 3.04. The van der Waals surface area contributed by atoms with Crippen LogP contribution in [-0.2, 0) is 0 Å². The highest BCUT2D eigenvalue weighted by Gasteiger charge is 2.05. The van der Waals surface area contributed by atoms with Crippen LogP contribution in [0.2, 0.25) is 0 Å². The summed E-state index contributed by atoms with van der Waals surface area (Å²) in [5.41, 5.74) is 0. The maximum atomic E-state index is 4.26. The summed E-state index contributed by atoms with van der Waals surface area (Å²) in [6.45, 7) is 4.12. The lowest BCUT2D eigenvalue weighted by molar-refractivity contribution is 0.476. The van der Waals surface area contributed by atoms with Gasteiger partial charge in [-0.1, -0.05) is 0 Å². The second kappa shape index (κ2) is 7.86. The normalized spacial score (nSPS) is 16.0. The Morgan fingerprint density at radius 1 is 1.25 bits per heavy atom. The third kappa shape index (κ3) is 5.83. The first kappa shape index (κ1) is 12.2. The van der Waals surface area contributed by atoms with Crippen LogP contribution >= 0.6 is 12.6 Å². The third-order valence-electron chi connectivity index (χ3n) is 1.88. The van der Waals surface area contributed by atoms with Crippen LogP contribution in [0.3, 0.4) is 0 Å². The van der Waals surface area contributed by atoms with Gasteiger partial charge in [0.2, 0.25) is 0 Å². The lowest BCUT2D eigenvalue weighted by atomic mass is 10.3. The molecule has 0 aliphatic carbocycles. The van der Waals surface area contributed by atoms with Crippen molar-refractivity contribution in [1.29, 1.82) is 0 Å². The Bertz CT molecular complexity index is 100. The van der Waals surface area contributed by atoms with Crippen molar-refractivity contribution in [3.8, 4) is 0 Å². The van der Waals surface area contributed by atoms with Gasteiger partial charge in [-0.2, -0.15) is 12.6 Å². The molecule has 0 aliphatic rings. The van der Waals surface area contributed by atoms with E-state index < -0.39 is 0 Å². The van der Waals surface area contributed by atoms with E-state index in [2.05, 4.69) is 35.5 Å². The second-order valence-corrected chi connectivity index (χ2v) is 3.40. The fourth-order valence-electron chi connectivity index (χ4n) is 0.893. The summed E-state index contributed by atoms with van der Waals surface area (Å²) < 4.78 is 0. The molecule has 3 N–H and O–H groups in total. The van der Waals surface area contributed by atoms with Crippen LogP contribution in [0.1, 0.15) is 6.92 Å². The van der Waals surface area contributed by atoms with Crippen molar-refractivity contribution in [2.24, 2.45) is 0 Å². The minimum atomic E-state index is 0.467. The monoisotopic (exact) mass is 191 g/mol. The van der Waals surface area contributed by atoms with Crippen LogP contribution < -0.4 is 16.0 Å². The Hall–Kier alpha value is 0.230. The molecular weight excluding hydrogens is 170 g/mol. The summed E-state index contributed by atoms with van der Waals surface area (Å²) in [6.07, 6.45) is 0. The fraction of sp³-hybridized carbons (Fsp3) is 1.00. The molecule has 0 aliphatic heterocycles. The van der Waals surface area contributed by atoms with Gasteiger partial charge in [0.25, 0.3) is 0 Å². The van der Waals surface area contributed by atoms with Crippen molar-refractivity contribution in [2.75, 3.05) is 32.9 Å². The van der Waals surface area contributed by atoms with E-state index in [1.54, 1.807) is 0 Å². The maximum Gasteiger partial charge on any atom is 0.0281 e. The number of thiol groups is 1. The van der Waals surface area contributed by atoms with Gasteiger partial charge in [-0.3, -0.25) is 0 Å². The smallest absolute Gasteiger partial charge is 0.0281 e. The van der Waals surface area contributed by atoms with Crippen LogP contribution in [-0.4, -0.2) is 45.0 Å². The van der Waals surface area contributed by atoms with Gasteiger partial charge in [0, 0.05) is 30.9 Å². The summed E-state index contributed by atoms with van der Waals surface area (Å²) in [7, 11) is 3.93. The van der Waals surface area contributed by atoms with E-state index in [1.807, 2.05) is 14.1 Å². The zero-order valence-electron chi connectivity index (χ0n) is 8.22. The molecule has 0 rings (SSSR count). The zero-order chi connectivity index (χ0) is 9.40. The number of hydrogen-bond donors (Lipinski definition) is 4. The summed E-state index contributed by atoms with van der Waals surface area (Å²) in [5, 5.41) is 9.73. The first-order valence-corrected chi connectivity index (χ1v) is 5.04. The predicted molar refractivity (Wildman–Crippen MR) is 58.1 cm³/mol. The van der Waals surface area contributed by atoms with Gasteiger partial charge in [-0.25, -0.2) is 0 Å². The van der Waals surface area contributed by atoms with Crippen LogP contribution in [0.4, 0.5) is 0 Å². The van der Waals surface area contributed by atoms with Gasteiger partial charge in [0.1, 0.15) is 0 Å². The molecule has 0 heterocycles. The Morgan fingerprint density at radius 3 is 2.33 bits per heavy atom. The molecule has 3 nitrogen and oxygen atoms in total. The summed E-state index contributed by atoms with van der Waals surface area (Å²) in [4.78, 5) is 0. The Morgan fingerprint density at radius 2 is 1.92 bits per heavy atom. The molecule has 12 heavy (non-hydrogen) atoms. The molecule has 0 aromatic heterocycles. The molecule has 0 aromatic rings. The lowest BCUT2D eigenvalue weighted by Gasteiger charge is -2.18. The predicted octanol–water partition coefficient (Wildman–Crippen LogP) is -0.298. The van der Waals surface area contributed by atoms with E-state index in [1.165, 1.54) is 0 Å². The van der Waals surface area contributed by atoms with Gasteiger partial charge < -0.3 is 16.0 Å². The molecule has 0 spiro atoms. The number of nitrogens with one attached hydrogen (secondary N) is 3. The fourth-order valence-corrected chi connectivity index (χ4v) is 1.15. The lowest BCUT2D eigenvalue weighted by Crippen LogP contribution is -2.44. The van der Waals surface area contributed by atoms with Crippen molar-refractivity contribution in [3.63, 3.8) is 0 Å². The van der Waals surface area contributed by atoms with Crippen molar-refractivity contribution in [3.05, 3.63) is 0 Å². The van der Waals surface area contributed by atoms with Gasteiger partial charge in [0.05, 0.1) is 0 Å². The molecule has 4 heteroatoms. The molecule has 0 saturated heterocycles. The topological polar surface area (TPSA) is 36.1 Å². The quantitative estimate of drug-likeness (QED) is 0.417. The summed E-state index contributed by atoms with van der Waals surface area (Å²) >= 11 is 4.26. The number of hydrogen-bond acceptors (Lipinski definition) is 4. The van der Waals surface area contributed by atoms with E-state index in [0.717, 1.165) is 18.8 Å². The van der Waals surface area contributed by atoms with Crippen LogP contribution in [0.25, 0.3) is 0 Å². The van der Waals surface area contributed by atoms with Gasteiger partial charge in [-0.05, 0) is 21.0 Å². The number of rotatable bonds is 7. The third-order valence-corrected chi connectivity index (χ3v) is 2.32.